The highest BCUT2D eigenvalue weighted by Gasteiger charge is 2.39. The molecule has 126 valence electrons. The Balaban J connectivity index is 1.98. The molecule has 0 aliphatic carbocycles. The fourth-order valence-electron chi connectivity index (χ4n) is 2.89. The first-order chi connectivity index (χ1) is 11.5. The van der Waals surface area contributed by atoms with E-state index in [1.165, 1.54) is 11.3 Å². The fraction of sp³-hybridized carbons (Fsp3) is 0.353. The Morgan fingerprint density at radius 3 is 2.46 bits per heavy atom. The molecule has 7 heteroatoms. The van der Waals surface area contributed by atoms with Crippen LogP contribution in [0, 0.1) is 18.3 Å². The molecule has 0 spiro atoms. The van der Waals surface area contributed by atoms with Crippen molar-refractivity contribution in [1.82, 2.24) is 4.72 Å². The minimum absolute atomic E-state index is 0.319. The number of nitrogens with one attached hydrogen (secondary N) is 1. The SMILES string of the molecule is Cc1csc(S(=O)(=O)NC2(c3ccc(C#N)cc3)CCOCC2)c1. The van der Waals surface area contributed by atoms with Gasteiger partial charge in [0.1, 0.15) is 4.21 Å². The molecule has 1 fully saturated rings. The van der Waals surface area contributed by atoms with E-state index < -0.39 is 15.6 Å². The second-order valence-corrected chi connectivity index (χ2v) is 8.75. The zero-order valence-corrected chi connectivity index (χ0v) is 14.9. The molecule has 3 rings (SSSR count). The maximum absolute atomic E-state index is 12.8. The van der Waals surface area contributed by atoms with Crippen LogP contribution in [0.15, 0.2) is 39.9 Å². The Bertz CT molecular complexity index is 858. The van der Waals surface area contributed by atoms with Crippen molar-refractivity contribution in [2.45, 2.75) is 29.5 Å². The molecular weight excluding hydrogens is 344 g/mol. The lowest BCUT2D eigenvalue weighted by molar-refractivity contribution is 0.0459. The van der Waals surface area contributed by atoms with Crippen molar-refractivity contribution in [3.63, 3.8) is 0 Å². The number of nitriles is 1. The normalized spacial score (nSPS) is 17.3. The van der Waals surface area contributed by atoms with Crippen molar-refractivity contribution in [3.8, 4) is 6.07 Å². The van der Waals surface area contributed by atoms with Crippen molar-refractivity contribution < 1.29 is 13.2 Å². The summed E-state index contributed by atoms with van der Waals surface area (Å²) in [5.41, 5.74) is 1.64. The number of aryl methyl sites for hydroxylation is 1. The van der Waals surface area contributed by atoms with E-state index in [4.69, 9.17) is 10.00 Å². The van der Waals surface area contributed by atoms with Gasteiger partial charge in [0.15, 0.2) is 0 Å². The first-order valence-electron chi connectivity index (χ1n) is 7.63. The van der Waals surface area contributed by atoms with Gasteiger partial charge in [0, 0.05) is 13.2 Å². The van der Waals surface area contributed by atoms with E-state index in [1.807, 2.05) is 24.4 Å². The zero-order valence-electron chi connectivity index (χ0n) is 13.3. The highest BCUT2D eigenvalue weighted by atomic mass is 32.2. The van der Waals surface area contributed by atoms with Crippen molar-refractivity contribution in [3.05, 3.63) is 52.4 Å². The second-order valence-electron chi connectivity index (χ2n) is 5.93. The molecule has 2 aromatic rings. The summed E-state index contributed by atoms with van der Waals surface area (Å²) in [6, 6.07) is 10.9. The van der Waals surface area contributed by atoms with Gasteiger partial charge in [-0.1, -0.05) is 12.1 Å². The van der Waals surface area contributed by atoms with Crippen LogP contribution in [-0.2, 0) is 20.3 Å². The van der Waals surface area contributed by atoms with Crippen LogP contribution in [-0.4, -0.2) is 21.6 Å². The molecule has 1 aliphatic rings. The van der Waals surface area contributed by atoms with Crippen molar-refractivity contribution >= 4 is 21.4 Å². The van der Waals surface area contributed by atoms with Crippen molar-refractivity contribution in [2.24, 2.45) is 0 Å². The molecule has 1 saturated heterocycles. The van der Waals surface area contributed by atoms with E-state index in [1.54, 1.807) is 18.2 Å². The molecule has 5 nitrogen and oxygen atoms in total. The maximum atomic E-state index is 12.8. The monoisotopic (exact) mass is 362 g/mol. The molecule has 1 N–H and O–H groups in total. The smallest absolute Gasteiger partial charge is 0.250 e. The predicted molar refractivity (Wildman–Crippen MR) is 92.3 cm³/mol. The van der Waals surface area contributed by atoms with Crippen LogP contribution < -0.4 is 4.72 Å². The summed E-state index contributed by atoms with van der Waals surface area (Å²) >= 11 is 1.22. The van der Waals surface area contributed by atoms with Crippen LogP contribution >= 0.6 is 11.3 Å². The van der Waals surface area contributed by atoms with Crippen molar-refractivity contribution in [2.75, 3.05) is 13.2 Å². The number of hydrogen-bond acceptors (Lipinski definition) is 5. The van der Waals surface area contributed by atoms with E-state index in [2.05, 4.69) is 10.8 Å². The molecule has 0 unspecified atom stereocenters. The van der Waals surface area contributed by atoms with Gasteiger partial charge in [0.25, 0.3) is 10.0 Å². The Morgan fingerprint density at radius 2 is 1.92 bits per heavy atom. The van der Waals surface area contributed by atoms with Gasteiger partial charge in [-0.2, -0.15) is 9.98 Å². The van der Waals surface area contributed by atoms with Gasteiger partial charge >= 0.3 is 0 Å². The van der Waals surface area contributed by atoms with E-state index >= 15 is 0 Å². The third-order valence-corrected chi connectivity index (χ3v) is 7.31. The average molecular weight is 362 g/mol. The highest BCUT2D eigenvalue weighted by Crippen LogP contribution is 2.35. The molecule has 1 aromatic heterocycles. The summed E-state index contributed by atoms with van der Waals surface area (Å²) in [6.45, 7) is 2.86. The molecule has 24 heavy (non-hydrogen) atoms. The second kappa shape index (κ2) is 6.65. The average Bonchev–Trinajstić information content (AvgIpc) is 3.03. The van der Waals surface area contributed by atoms with E-state index in [0.717, 1.165) is 11.1 Å². The third-order valence-electron chi connectivity index (χ3n) is 4.21. The first-order valence-corrected chi connectivity index (χ1v) is 9.99. The summed E-state index contributed by atoms with van der Waals surface area (Å²) in [5, 5.41) is 10.8. The quantitative estimate of drug-likeness (QED) is 0.907. The summed E-state index contributed by atoms with van der Waals surface area (Å²) in [4.78, 5) is 0. The number of benzene rings is 1. The molecule has 1 aromatic carbocycles. The molecule has 0 atom stereocenters. The van der Waals surface area contributed by atoms with Crippen LogP contribution in [0.25, 0.3) is 0 Å². The zero-order chi connectivity index (χ0) is 17.2. The fourth-order valence-corrected chi connectivity index (χ4v) is 5.56. The van der Waals surface area contributed by atoms with Gasteiger partial charge in [-0.15, -0.1) is 11.3 Å². The van der Waals surface area contributed by atoms with Gasteiger partial charge in [-0.05, 0) is 54.5 Å². The lowest BCUT2D eigenvalue weighted by Crippen LogP contribution is -2.49. The summed E-state index contributed by atoms with van der Waals surface area (Å²) in [5.74, 6) is 0. The Kier molecular flexibility index (Phi) is 4.74. The van der Waals surface area contributed by atoms with Crippen LogP contribution in [0.3, 0.4) is 0 Å². The van der Waals surface area contributed by atoms with Crippen LogP contribution in [0.4, 0.5) is 0 Å². The Labute approximate surface area is 145 Å². The highest BCUT2D eigenvalue weighted by molar-refractivity contribution is 7.91. The summed E-state index contributed by atoms with van der Waals surface area (Å²) in [7, 11) is -3.61. The van der Waals surface area contributed by atoms with Gasteiger partial charge in [-0.3, -0.25) is 0 Å². The molecule has 0 radical (unpaired) electrons. The third kappa shape index (κ3) is 3.37. The van der Waals surface area contributed by atoms with Crippen LogP contribution in [0.5, 0.6) is 0 Å². The predicted octanol–water partition coefficient (Wildman–Crippen LogP) is 2.91. The van der Waals surface area contributed by atoms with Crippen LogP contribution in [0.2, 0.25) is 0 Å². The lowest BCUT2D eigenvalue weighted by atomic mass is 9.83. The Morgan fingerprint density at radius 1 is 1.25 bits per heavy atom. The molecular formula is C17H18N2O3S2. The van der Waals surface area contributed by atoms with E-state index in [9.17, 15) is 8.42 Å². The standard InChI is InChI=1S/C17H18N2O3S2/c1-13-10-16(23-12-13)24(20,21)19-17(6-8-22-9-7-17)15-4-2-14(11-18)3-5-15/h2-5,10,12,19H,6-9H2,1H3. The van der Waals surface area contributed by atoms with E-state index in [0.29, 0.717) is 35.8 Å². The summed E-state index contributed by atoms with van der Waals surface area (Å²) in [6.07, 6.45) is 1.12. The number of sulfonamides is 1. The van der Waals surface area contributed by atoms with Crippen LogP contribution in [0.1, 0.15) is 29.5 Å². The topological polar surface area (TPSA) is 79.2 Å². The molecule has 0 bridgehead atoms. The number of ether oxygens (including phenoxy) is 1. The number of rotatable bonds is 4. The lowest BCUT2D eigenvalue weighted by Gasteiger charge is -2.38. The minimum Gasteiger partial charge on any atom is -0.381 e. The van der Waals surface area contributed by atoms with Gasteiger partial charge < -0.3 is 4.74 Å². The van der Waals surface area contributed by atoms with Gasteiger partial charge in [0.2, 0.25) is 0 Å². The summed E-state index contributed by atoms with van der Waals surface area (Å²) < 4.78 is 34.3. The van der Waals surface area contributed by atoms with Gasteiger partial charge in [0.05, 0.1) is 17.2 Å². The first kappa shape index (κ1) is 17.1. The van der Waals surface area contributed by atoms with Gasteiger partial charge in [-0.25, -0.2) is 8.42 Å². The Hall–Kier alpha value is -1.72. The maximum Gasteiger partial charge on any atom is 0.250 e. The number of hydrogen-bond donors (Lipinski definition) is 1. The number of thiophene rings is 1. The van der Waals surface area contributed by atoms with Crippen molar-refractivity contribution in [1.29, 1.82) is 5.26 Å². The molecule has 1 aliphatic heterocycles. The molecule has 0 amide bonds. The minimum atomic E-state index is -3.61. The number of nitrogens with zero attached hydrogens (tertiary/aromatic N) is 1. The molecule has 2 heterocycles. The largest absolute Gasteiger partial charge is 0.381 e. The van der Waals surface area contributed by atoms with E-state index in [-0.39, 0.29) is 0 Å². The molecule has 0 saturated carbocycles.